The standard InChI is InChI=1S/C10H18S/c1-10(2,3)11-9-7-5-4-6-8-9/h5,7,9H,4,6,8H2,1-3H3. The van der Waals surface area contributed by atoms with Crippen LogP contribution in [0.3, 0.4) is 0 Å². The van der Waals surface area contributed by atoms with Gasteiger partial charge in [0.1, 0.15) is 0 Å². The third-order valence-corrected chi connectivity index (χ3v) is 3.12. The second-order valence-corrected chi connectivity index (χ2v) is 6.19. The summed E-state index contributed by atoms with van der Waals surface area (Å²) in [5, 5.41) is 0.781. The van der Waals surface area contributed by atoms with Crippen molar-refractivity contribution < 1.29 is 0 Å². The van der Waals surface area contributed by atoms with Gasteiger partial charge in [0.05, 0.1) is 0 Å². The van der Waals surface area contributed by atoms with E-state index in [2.05, 4.69) is 44.7 Å². The molecule has 0 nitrogen and oxygen atoms in total. The van der Waals surface area contributed by atoms with Crippen molar-refractivity contribution in [3.63, 3.8) is 0 Å². The van der Waals surface area contributed by atoms with Crippen LogP contribution >= 0.6 is 11.8 Å². The van der Waals surface area contributed by atoms with Crippen LogP contribution < -0.4 is 0 Å². The summed E-state index contributed by atoms with van der Waals surface area (Å²) in [6.07, 6.45) is 8.75. The summed E-state index contributed by atoms with van der Waals surface area (Å²) in [6, 6.07) is 0. The van der Waals surface area contributed by atoms with Gasteiger partial charge in [0.15, 0.2) is 0 Å². The molecule has 0 N–H and O–H groups in total. The number of hydrogen-bond donors (Lipinski definition) is 0. The molecule has 0 amide bonds. The molecule has 0 bridgehead atoms. The lowest BCUT2D eigenvalue weighted by Gasteiger charge is -2.25. The van der Waals surface area contributed by atoms with Gasteiger partial charge in [-0.25, -0.2) is 0 Å². The molecule has 11 heavy (non-hydrogen) atoms. The molecule has 1 atom stereocenters. The number of rotatable bonds is 1. The predicted octanol–water partition coefficient (Wildman–Crippen LogP) is 3.63. The maximum absolute atomic E-state index is 2.37. The highest BCUT2D eigenvalue weighted by Gasteiger charge is 2.17. The monoisotopic (exact) mass is 170 g/mol. The van der Waals surface area contributed by atoms with Gasteiger partial charge in [-0.05, 0) is 19.3 Å². The summed E-state index contributed by atoms with van der Waals surface area (Å²) in [6.45, 7) is 6.88. The van der Waals surface area contributed by atoms with Crippen molar-refractivity contribution in [2.75, 3.05) is 0 Å². The summed E-state index contributed by atoms with van der Waals surface area (Å²) in [5.74, 6) is 0. The van der Waals surface area contributed by atoms with Crippen molar-refractivity contribution in [3.8, 4) is 0 Å². The highest BCUT2D eigenvalue weighted by atomic mass is 32.2. The predicted molar refractivity (Wildman–Crippen MR) is 54.1 cm³/mol. The fourth-order valence-electron chi connectivity index (χ4n) is 1.33. The molecule has 0 saturated heterocycles. The Kier molecular flexibility index (Phi) is 3.06. The van der Waals surface area contributed by atoms with E-state index in [1.807, 2.05) is 0 Å². The minimum absolute atomic E-state index is 0.423. The van der Waals surface area contributed by atoms with Crippen LogP contribution in [0.5, 0.6) is 0 Å². The Morgan fingerprint density at radius 1 is 1.36 bits per heavy atom. The van der Waals surface area contributed by atoms with Gasteiger partial charge in [0.2, 0.25) is 0 Å². The van der Waals surface area contributed by atoms with Crippen LogP contribution in [0.1, 0.15) is 40.0 Å². The van der Waals surface area contributed by atoms with Crippen molar-refractivity contribution in [1.29, 1.82) is 0 Å². The molecule has 1 unspecified atom stereocenters. The molecular weight excluding hydrogens is 152 g/mol. The summed E-state index contributed by atoms with van der Waals surface area (Å²) in [5.41, 5.74) is 0. The highest BCUT2D eigenvalue weighted by molar-refractivity contribution is 8.01. The molecule has 1 aliphatic rings. The van der Waals surface area contributed by atoms with Gasteiger partial charge in [-0.1, -0.05) is 32.9 Å². The molecule has 64 valence electrons. The fourth-order valence-corrected chi connectivity index (χ4v) is 2.72. The molecule has 1 heteroatoms. The second-order valence-electron chi connectivity index (χ2n) is 4.13. The van der Waals surface area contributed by atoms with E-state index in [0.717, 1.165) is 5.25 Å². The number of thioether (sulfide) groups is 1. The third kappa shape index (κ3) is 3.85. The van der Waals surface area contributed by atoms with E-state index >= 15 is 0 Å². The van der Waals surface area contributed by atoms with E-state index in [9.17, 15) is 0 Å². The first-order chi connectivity index (χ1) is 5.08. The van der Waals surface area contributed by atoms with Gasteiger partial charge in [-0.15, -0.1) is 11.8 Å². The number of hydrogen-bond acceptors (Lipinski definition) is 1. The molecule has 0 radical (unpaired) electrons. The van der Waals surface area contributed by atoms with Crippen molar-refractivity contribution in [3.05, 3.63) is 12.2 Å². The van der Waals surface area contributed by atoms with E-state index in [4.69, 9.17) is 0 Å². The molecule has 0 aliphatic heterocycles. The summed E-state index contributed by atoms with van der Waals surface area (Å²) in [4.78, 5) is 0. The molecule has 0 aromatic carbocycles. The fraction of sp³-hybridized carbons (Fsp3) is 0.800. The maximum atomic E-state index is 2.37. The van der Waals surface area contributed by atoms with Crippen LogP contribution in [0.25, 0.3) is 0 Å². The lowest BCUT2D eigenvalue weighted by molar-refractivity contribution is 0.724. The molecule has 0 aromatic rings. The molecule has 0 saturated carbocycles. The van der Waals surface area contributed by atoms with Gasteiger partial charge in [-0.3, -0.25) is 0 Å². The zero-order chi connectivity index (χ0) is 8.32. The van der Waals surface area contributed by atoms with Gasteiger partial charge in [0, 0.05) is 10.00 Å². The van der Waals surface area contributed by atoms with Crippen LogP contribution in [0, 0.1) is 0 Å². The third-order valence-electron chi connectivity index (χ3n) is 1.72. The van der Waals surface area contributed by atoms with E-state index < -0.39 is 0 Å². The van der Waals surface area contributed by atoms with Crippen molar-refractivity contribution in [1.82, 2.24) is 0 Å². The van der Waals surface area contributed by atoms with Gasteiger partial charge >= 0.3 is 0 Å². The smallest absolute Gasteiger partial charge is 0.0232 e. The van der Waals surface area contributed by atoms with E-state index in [0.29, 0.717) is 4.75 Å². The SMILES string of the molecule is CC(C)(C)SC1C=CCCC1. The summed E-state index contributed by atoms with van der Waals surface area (Å²) >= 11 is 2.09. The lowest BCUT2D eigenvalue weighted by Crippen LogP contribution is -2.15. The Labute approximate surface area is 74.5 Å². The quantitative estimate of drug-likeness (QED) is 0.542. The van der Waals surface area contributed by atoms with E-state index in [-0.39, 0.29) is 0 Å². The Morgan fingerprint density at radius 2 is 2.09 bits per heavy atom. The molecular formula is C10H18S. The zero-order valence-electron chi connectivity index (χ0n) is 7.76. The lowest BCUT2D eigenvalue weighted by atomic mass is 10.1. The molecule has 1 rings (SSSR count). The average molecular weight is 170 g/mol. The Morgan fingerprint density at radius 3 is 2.55 bits per heavy atom. The Balaban J connectivity index is 2.36. The summed E-state index contributed by atoms with van der Waals surface area (Å²) in [7, 11) is 0. The van der Waals surface area contributed by atoms with Gasteiger partial charge in [-0.2, -0.15) is 0 Å². The van der Waals surface area contributed by atoms with Crippen LogP contribution in [0.15, 0.2) is 12.2 Å². The van der Waals surface area contributed by atoms with Crippen molar-refractivity contribution in [2.45, 2.75) is 50.0 Å². The first-order valence-electron chi connectivity index (χ1n) is 4.42. The first-order valence-corrected chi connectivity index (χ1v) is 5.30. The highest BCUT2D eigenvalue weighted by Crippen LogP contribution is 2.33. The van der Waals surface area contributed by atoms with E-state index in [1.54, 1.807) is 0 Å². The Hall–Kier alpha value is 0.0900. The average Bonchev–Trinajstić information content (AvgIpc) is 1.85. The molecule has 0 fully saturated rings. The topological polar surface area (TPSA) is 0 Å². The van der Waals surface area contributed by atoms with E-state index in [1.165, 1.54) is 19.3 Å². The van der Waals surface area contributed by atoms with Crippen molar-refractivity contribution >= 4 is 11.8 Å². The van der Waals surface area contributed by atoms with Crippen LogP contribution in [-0.4, -0.2) is 10.00 Å². The zero-order valence-corrected chi connectivity index (χ0v) is 8.58. The molecule has 0 heterocycles. The number of allylic oxidation sites excluding steroid dienone is 1. The molecule has 0 aromatic heterocycles. The van der Waals surface area contributed by atoms with Gasteiger partial charge < -0.3 is 0 Å². The minimum Gasteiger partial charge on any atom is -0.148 e. The second kappa shape index (κ2) is 3.66. The van der Waals surface area contributed by atoms with Gasteiger partial charge in [0.25, 0.3) is 0 Å². The van der Waals surface area contributed by atoms with Crippen LogP contribution in [-0.2, 0) is 0 Å². The van der Waals surface area contributed by atoms with Crippen LogP contribution in [0.4, 0.5) is 0 Å². The summed E-state index contributed by atoms with van der Waals surface area (Å²) < 4.78 is 0.423. The Bertz CT molecular complexity index is 141. The maximum Gasteiger partial charge on any atom is 0.0232 e. The first kappa shape index (κ1) is 9.18. The normalized spacial score (nSPS) is 25.5. The van der Waals surface area contributed by atoms with Crippen molar-refractivity contribution in [2.24, 2.45) is 0 Å². The molecule has 0 spiro atoms. The molecule has 1 aliphatic carbocycles. The van der Waals surface area contributed by atoms with Crippen LogP contribution in [0.2, 0.25) is 0 Å². The minimum atomic E-state index is 0.423. The largest absolute Gasteiger partial charge is 0.148 e.